The number of phenolic OH excluding ortho intramolecular Hbond substituents is 1. The molecular weight excluding hydrogens is 358 g/mol. The number of fused-ring (bicyclic) bond motifs is 2. The Bertz CT molecular complexity index is 1130. The molecule has 0 spiro atoms. The first kappa shape index (κ1) is 17.7. The number of ether oxygens (including phenoxy) is 1. The second-order valence-corrected chi connectivity index (χ2v) is 6.70. The van der Waals surface area contributed by atoms with Crippen LogP contribution in [0.1, 0.15) is 39.1 Å². The first-order chi connectivity index (χ1) is 13.5. The van der Waals surface area contributed by atoms with Crippen molar-refractivity contribution < 1.29 is 24.2 Å². The third kappa shape index (κ3) is 2.99. The summed E-state index contributed by atoms with van der Waals surface area (Å²) in [5.74, 6) is -1.78. The van der Waals surface area contributed by atoms with Gasteiger partial charge in [-0.05, 0) is 42.1 Å². The highest BCUT2D eigenvalue weighted by atomic mass is 16.5. The van der Waals surface area contributed by atoms with Crippen LogP contribution in [0.4, 0.5) is 5.69 Å². The number of hydrogen-bond acceptors (Lipinski definition) is 5. The van der Waals surface area contributed by atoms with Crippen molar-refractivity contribution in [3.05, 3.63) is 71.3 Å². The number of phenols is 1. The zero-order valence-corrected chi connectivity index (χ0v) is 15.1. The maximum absolute atomic E-state index is 12.4. The van der Waals surface area contributed by atoms with Gasteiger partial charge in [-0.3, -0.25) is 9.59 Å². The maximum atomic E-state index is 12.4. The van der Waals surface area contributed by atoms with E-state index in [4.69, 9.17) is 4.74 Å². The zero-order valence-electron chi connectivity index (χ0n) is 15.1. The van der Waals surface area contributed by atoms with E-state index >= 15 is 0 Å². The summed E-state index contributed by atoms with van der Waals surface area (Å²) in [6, 6.07) is 15.2. The Hall–Kier alpha value is -3.67. The van der Waals surface area contributed by atoms with Gasteiger partial charge in [-0.25, -0.2) is 4.79 Å². The van der Waals surface area contributed by atoms with Crippen molar-refractivity contribution in [2.24, 2.45) is 0 Å². The van der Waals surface area contributed by atoms with Gasteiger partial charge in [0.25, 0.3) is 0 Å². The van der Waals surface area contributed by atoms with Gasteiger partial charge in [-0.15, -0.1) is 0 Å². The normalized spacial score (nSPS) is 15.2. The van der Waals surface area contributed by atoms with Crippen LogP contribution in [0.25, 0.3) is 10.8 Å². The van der Waals surface area contributed by atoms with E-state index in [0.717, 1.165) is 10.9 Å². The third-order valence-electron chi connectivity index (χ3n) is 4.95. The molecule has 3 aromatic rings. The molecule has 1 amide bonds. The predicted octanol–water partition coefficient (Wildman–Crippen LogP) is 3.64. The average molecular weight is 375 g/mol. The molecule has 0 unspecified atom stereocenters. The average Bonchev–Trinajstić information content (AvgIpc) is 2.99. The van der Waals surface area contributed by atoms with Gasteiger partial charge >= 0.3 is 5.97 Å². The summed E-state index contributed by atoms with van der Waals surface area (Å²) < 4.78 is 5.11. The van der Waals surface area contributed by atoms with Crippen molar-refractivity contribution in [2.45, 2.75) is 12.8 Å². The van der Waals surface area contributed by atoms with Crippen molar-refractivity contribution in [1.29, 1.82) is 0 Å². The van der Waals surface area contributed by atoms with E-state index in [1.807, 2.05) is 12.1 Å². The summed E-state index contributed by atoms with van der Waals surface area (Å²) in [5, 5.41) is 14.4. The number of amides is 1. The van der Waals surface area contributed by atoms with Gasteiger partial charge < -0.3 is 15.2 Å². The highest BCUT2D eigenvalue weighted by Gasteiger charge is 2.27. The lowest BCUT2D eigenvalue weighted by Gasteiger charge is -2.09. The third-order valence-corrected chi connectivity index (χ3v) is 4.95. The molecule has 6 nitrogen and oxygen atoms in total. The molecule has 1 heterocycles. The van der Waals surface area contributed by atoms with Crippen molar-refractivity contribution in [1.82, 2.24) is 0 Å². The van der Waals surface area contributed by atoms with Crippen LogP contribution in [-0.4, -0.2) is 29.4 Å². The number of aromatic hydroxyl groups is 1. The van der Waals surface area contributed by atoms with Crippen LogP contribution in [0.3, 0.4) is 0 Å². The molecule has 1 aliphatic heterocycles. The molecule has 3 aromatic carbocycles. The van der Waals surface area contributed by atoms with Crippen molar-refractivity contribution in [2.75, 3.05) is 11.9 Å². The number of esters is 1. The fourth-order valence-electron chi connectivity index (χ4n) is 3.30. The summed E-state index contributed by atoms with van der Waals surface area (Å²) in [4.78, 5) is 36.5. The first-order valence-corrected chi connectivity index (χ1v) is 8.81. The van der Waals surface area contributed by atoms with Gasteiger partial charge in [0.2, 0.25) is 5.91 Å². The first-order valence-electron chi connectivity index (χ1n) is 8.81. The van der Waals surface area contributed by atoms with Crippen LogP contribution >= 0.6 is 0 Å². The number of hydrogen-bond donors (Lipinski definition) is 2. The Morgan fingerprint density at radius 1 is 1.11 bits per heavy atom. The molecule has 1 aliphatic rings. The molecular formula is C22H17NO5. The highest BCUT2D eigenvalue weighted by molar-refractivity contribution is 6.06. The number of rotatable bonds is 4. The van der Waals surface area contributed by atoms with Crippen LogP contribution < -0.4 is 5.32 Å². The largest absolute Gasteiger partial charge is 0.506 e. The van der Waals surface area contributed by atoms with Gasteiger partial charge in [0.05, 0.1) is 5.92 Å². The summed E-state index contributed by atoms with van der Waals surface area (Å²) in [6.45, 7) is 1.30. The lowest BCUT2D eigenvalue weighted by atomic mass is 9.99. The molecule has 0 fully saturated rings. The number of anilines is 1. The minimum absolute atomic E-state index is 0.00359. The number of ketones is 1. The van der Waals surface area contributed by atoms with E-state index in [1.54, 1.807) is 43.3 Å². The zero-order chi connectivity index (χ0) is 19.8. The van der Waals surface area contributed by atoms with Crippen LogP contribution in [0.2, 0.25) is 0 Å². The summed E-state index contributed by atoms with van der Waals surface area (Å²) in [6.07, 6.45) is 0. The Labute approximate surface area is 160 Å². The molecule has 2 N–H and O–H groups in total. The van der Waals surface area contributed by atoms with Crippen LogP contribution in [0.15, 0.2) is 54.6 Å². The van der Waals surface area contributed by atoms with Gasteiger partial charge in [0.15, 0.2) is 12.4 Å². The molecule has 4 rings (SSSR count). The van der Waals surface area contributed by atoms with Gasteiger partial charge in [-0.1, -0.05) is 30.3 Å². The standard InChI is InChI=1S/C22H17NO5/c1-12-17-10-14(7-9-18(17)23-21(12)26)19(24)11-28-22(27)16-8-6-13-4-2-3-5-15(13)20(16)25/h2-10,12,25H,11H2,1H3,(H,23,26)/t12-/m0/s1. The lowest BCUT2D eigenvalue weighted by Crippen LogP contribution is -2.14. The fraction of sp³-hybridized carbons (Fsp3) is 0.136. The van der Waals surface area contributed by atoms with E-state index in [2.05, 4.69) is 5.32 Å². The topological polar surface area (TPSA) is 92.7 Å². The molecule has 0 saturated heterocycles. The van der Waals surface area contributed by atoms with Gasteiger partial charge in [0, 0.05) is 16.6 Å². The van der Waals surface area contributed by atoms with Crippen molar-refractivity contribution in [3.63, 3.8) is 0 Å². The number of carbonyl (C=O) groups excluding carboxylic acids is 3. The van der Waals surface area contributed by atoms with Crippen molar-refractivity contribution >= 4 is 34.1 Å². The Kier molecular flexibility index (Phi) is 4.31. The van der Waals surface area contributed by atoms with E-state index in [1.165, 1.54) is 6.07 Å². The molecule has 28 heavy (non-hydrogen) atoms. The fourth-order valence-corrected chi connectivity index (χ4v) is 3.30. The highest BCUT2D eigenvalue weighted by Crippen LogP contribution is 2.33. The number of carbonyl (C=O) groups is 3. The van der Waals surface area contributed by atoms with E-state index < -0.39 is 12.6 Å². The number of benzene rings is 3. The maximum Gasteiger partial charge on any atom is 0.342 e. The van der Waals surface area contributed by atoms with E-state index in [-0.39, 0.29) is 28.9 Å². The van der Waals surface area contributed by atoms with Gasteiger partial charge in [-0.2, -0.15) is 0 Å². The number of Topliss-reactive ketones (excluding diaryl/α,β-unsaturated/α-hetero) is 1. The minimum atomic E-state index is -0.775. The monoisotopic (exact) mass is 375 g/mol. The predicted molar refractivity (Wildman–Crippen MR) is 104 cm³/mol. The summed E-state index contributed by atoms with van der Waals surface area (Å²) >= 11 is 0. The second kappa shape index (κ2) is 6.81. The van der Waals surface area contributed by atoms with Crippen LogP contribution in [0.5, 0.6) is 5.75 Å². The molecule has 0 bridgehead atoms. The summed E-state index contributed by atoms with van der Waals surface area (Å²) in [7, 11) is 0. The smallest absolute Gasteiger partial charge is 0.342 e. The molecule has 140 valence electrons. The van der Waals surface area contributed by atoms with E-state index in [0.29, 0.717) is 16.6 Å². The lowest BCUT2D eigenvalue weighted by molar-refractivity contribution is -0.116. The molecule has 0 aromatic heterocycles. The Morgan fingerprint density at radius 2 is 1.89 bits per heavy atom. The molecule has 0 saturated carbocycles. The van der Waals surface area contributed by atoms with Gasteiger partial charge in [0.1, 0.15) is 11.3 Å². The molecule has 0 aliphatic carbocycles. The molecule has 0 radical (unpaired) electrons. The quantitative estimate of drug-likeness (QED) is 0.536. The van der Waals surface area contributed by atoms with E-state index in [9.17, 15) is 19.5 Å². The molecule has 6 heteroatoms. The van der Waals surface area contributed by atoms with Crippen molar-refractivity contribution in [3.8, 4) is 5.75 Å². The Balaban J connectivity index is 1.49. The SMILES string of the molecule is C[C@@H]1C(=O)Nc2ccc(C(=O)COC(=O)c3ccc4ccccc4c3O)cc21. The second-order valence-electron chi connectivity index (χ2n) is 6.70. The Morgan fingerprint density at radius 3 is 2.71 bits per heavy atom. The number of nitrogens with one attached hydrogen (secondary N) is 1. The van der Waals surface area contributed by atoms with Crippen LogP contribution in [0, 0.1) is 0 Å². The summed E-state index contributed by atoms with van der Waals surface area (Å²) in [5.41, 5.74) is 1.79. The molecule has 1 atom stereocenters. The van der Waals surface area contributed by atoms with Crippen LogP contribution in [-0.2, 0) is 9.53 Å². The minimum Gasteiger partial charge on any atom is -0.506 e.